The molecule has 36 heavy (non-hydrogen) atoms. The number of methoxy groups -OCH3 is 1. The van der Waals surface area contributed by atoms with Crippen molar-refractivity contribution in [3.8, 4) is 5.75 Å². The van der Waals surface area contributed by atoms with Crippen LogP contribution in [-0.2, 0) is 22.6 Å². The summed E-state index contributed by atoms with van der Waals surface area (Å²) in [5.41, 5.74) is 1.36. The number of aromatic nitrogens is 2. The lowest BCUT2D eigenvalue weighted by Crippen LogP contribution is -2.51. The maximum Gasteiger partial charge on any atom is 0.227 e. The van der Waals surface area contributed by atoms with Crippen molar-refractivity contribution in [3.63, 3.8) is 0 Å². The van der Waals surface area contributed by atoms with E-state index in [0.29, 0.717) is 43.5 Å². The smallest absolute Gasteiger partial charge is 0.227 e. The first-order valence-electron chi connectivity index (χ1n) is 12.9. The number of carbonyl (C=O) groups excluding carboxylic acids is 1. The number of hydrogen-bond acceptors (Lipinski definition) is 7. The predicted octanol–water partition coefficient (Wildman–Crippen LogP) is 3.22. The van der Waals surface area contributed by atoms with Crippen molar-refractivity contribution in [2.75, 3.05) is 51.4 Å². The summed E-state index contributed by atoms with van der Waals surface area (Å²) in [6.07, 6.45) is 9.12. The molecule has 1 aromatic heterocycles. The lowest BCUT2D eigenvalue weighted by Gasteiger charge is -2.38. The zero-order valence-electron chi connectivity index (χ0n) is 21.1. The molecule has 9 heteroatoms. The van der Waals surface area contributed by atoms with Crippen molar-refractivity contribution in [3.05, 3.63) is 47.5 Å². The predicted molar refractivity (Wildman–Crippen MR) is 134 cm³/mol. The molecular formula is C27H37FN4O4. The van der Waals surface area contributed by atoms with E-state index in [1.165, 1.54) is 6.07 Å². The maximum atomic E-state index is 14.5. The molecule has 2 aliphatic rings. The van der Waals surface area contributed by atoms with Crippen LogP contribution in [-0.4, -0.2) is 72.4 Å². The molecule has 2 aliphatic heterocycles. The largest absolute Gasteiger partial charge is 0.493 e. The standard InChI is InChI=1S/C27H37FN4O4/c1-35-19-21-14-29-27(30-15-21)31-9-7-20(8-10-31)4-2-3-11-36-24-6-5-23(25(28)13-24)12-26(34)32-16-22(17-32)18-33/h5-6,13-15,20,22,33H,2-4,7-12,16-19H2,1H3. The number of unbranched alkanes of at least 4 members (excludes halogenated alkanes) is 1. The zero-order chi connectivity index (χ0) is 25.3. The summed E-state index contributed by atoms with van der Waals surface area (Å²) < 4.78 is 25.3. The van der Waals surface area contributed by atoms with E-state index in [4.69, 9.17) is 14.6 Å². The monoisotopic (exact) mass is 500 g/mol. The Hall–Kier alpha value is -2.78. The number of likely N-dealkylation sites (tertiary alicyclic amines) is 1. The first kappa shape index (κ1) is 26.3. The topological polar surface area (TPSA) is 88.0 Å². The molecule has 1 aromatic carbocycles. The normalized spacial score (nSPS) is 16.8. The number of amides is 1. The van der Waals surface area contributed by atoms with Crippen LogP contribution in [0.3, 0.4) is 0 Å². The highest BCUT2D eigenvalue weighted by molar-refractivity contribution is 5.79. The maximum absolute atomic E-state index is 14.5. The minimum Gasteiger partial charge on any atom is -0.493 e. The third-order valence-corrected chi connectivity index (χ3v) is 7.11. The molecule has 0 bridgehead atoms. The molecule has 2 saturated heterocycles. The van der Waals surface area contributed by atoms with E-state index in [1.54, 1.807) is 24.1 Å². The molecular weight excluding hydrogens is 463 g/mol. The van der Waals surface area contributed by atoms with Crippen molar-refractivity contribution < 1.29 is 23.8 Å². The number of aliphatic hydroxyl groups is 1. The van der Waals surface area contributed by atoms with Crippen LogP contribution in [0.15, 0.2) is 30.6 Å². The van der Waals surface area contributed by atoms with Gasteiger partial charge in [0.15, 0.2) is 0 Å². The van der Waals surface area contributed by atoms with Crippen LogP contribution < -0.4 is 9.64 Å². The van der Waals surface area contributed by atoms with Crippen LogP contribution >= 0.6 is 0 Å². The summed E-state index contributed by atoms with van der Waals surface area (Å²) in [5.74, 6) is 1.62. The van der Waals surface area contributed by atoms with Gasteiger partial charge in [0.1, 0.15) is 11.6 Å². The molecule has 2 aromatic rings. The minimum absolute atomic E-state index is 0.0360. The van der Waals surface area contributed by atoms with E-state index >= 15 is 0 Å². The Balaban J connectivity index is 1.10. The van der Waals surface area contributed by atoms with E-state index in [2.05, 4.69) is 14.9 Å². The highest BCUT2D eigenvalue weighted by Gasteiger charge is 2.30. The fourth-order valence-electron chi connectivity index (χ4n) is 4.82. The number of nitrogens with zero attached hydrogens (tertiary/aromatic N) is 4. The quantitative estimate of drug-likeness (QED) is 0.448. The van der Waals surface area contributed by atoms with E-state index in [-0.39, 0.29) is 24.9 Å². The van der Waals surface area contributed by atoms with Gasteiger partial charge in [0.2, 0.25) is 11.9 Å². The van der Waals surface area contributed by atoms with Crippen LogP contribution in [0.2, 0.25) is 0 Å². The molecule has 4 rings (SSSR count). The van der Waals surface area contributed by atoms with Gasteiger partial charge in [-0.2, -0.15) is 0 Å². The van der Waals surface area contributed by atoms with Gasteiger partial charge in [0.05, 0.1) is 19.6 Å². The second kappa shape index (κ2) is 13.0. The molecule has 0 saturated carbocycles. The molecule has 0 spiro atoms. The molecule has 0 atom stereocenters. The van der Waals surface area contributed by atoms with Crippen molar-refractivity contribution in [2.45, 2.75) is 45.1 Å². The Morgan fingerprint density at radius 3 is 2.56 bits per heavy atom. The van der Waals surface area contributed by atoms with Gasteiger partial charge in [-0.3, -0.25) is 4.79 Å². The number of aliphatic hydroxyl groups excluding tert-OH is 1. The Morgan fingerprint density at radius 2 is 1.89 bits per heavy atom. The van der Waals surface area contributed by atoms with E-state index in [9.17, 15) is 9.18 Å². The van der Waals surface area contributed by atoms with Gasteiger partial charge in [-0.1, -0.05) is 12.5 Å². The van der Waals surface area contributed by atoms with Gasteiger partial charge < -0.3 is 24.4 Å². The number of ether oxygens (including phenoxy) is 2. The summed E-state index contributed by atoms with van der Waals surface area (Å²) in [5, 5.41) is 9.07. The average molecular weight is 501 g/mol. The highest BCUT2D eigenvalue weighted by Crippen LogP contribution is 2.25. The number of anilines is 1. The lowest BCUT2D eigenvalue weighted by atomic mass is 9.92. The lowest BCUT2D eigenvalue weighted by molar-refractivity contribution is -0.137. The number of carbonyl (C=O) groups is 1. The third-order valence-electron chi connectivity index (χ3n) is 7.11. The van der Waals surface area contributed by atoms with Gasteiger partial charge in [0.25, 0.3) is 0 Å². The van der Waals surface area contributed by atoms with Gasteiger partial charge >= 0.3 is 0 Å². The average Bonchev–Trinajstić information content (AvgIpc) is 2.86. The first-order valence-corrected chi connectivity index (χ1v) is 12.9. The molecule has 2 fully saturated rings. The molecule has 196 valence electrons. The highest BCUT2D eigenvalue weighted by atomic mass is 19.1. The fourth-order valence-corrected chi connectivity index (χ4v) is 4.82. The molecule has 8 nitrogen and oxygen atoms in total. The summed E-state index contributed by atoms with van der Waals surface area (Å²) in [6, 6.07) is 4.74. The second-order valence-corrected chi connectivity index (χ2v) is 9.88. The number of benzene rings is 1. The summed E-state index contributed by atoms with van der Waals surface area (Å²) >= 11 is 0. The first-order chi connectivity index (χ1) is 17.6. The molecule has 0 radical (unpaired) electrons. The van der Waals surface area contributed by atoms with Crippen molar-refractivity contribution in [1.29, 1.82) is 0 Å². The molecule has 0 aliphatic carbocycles. The number of piperidine rings is 1. The minimum atomic E-state index is -0.413. The van der Waals surface area contributed by atoms with Crippen molar-refractivity contribution in [1.82, 2.24) is 14.9 Å². The van der Waals surface area contributed by atoms with E-state index in [1.807, 2.05) is 12.4 Å². The van der Waals surface area contributed by atoms with Crippen LogP contribution in [0.5, 0.6) is 5.75 Å². The Bertz CT molecular complexity index is 976. The van der Waals surface area contributed by atoms with Gasteiger partial charge in [-0.05, 0) is 43.2 Å². The molecule has 0 unspecified atom stereocenters. The van der Waals surface area contributed by atoms with E-state index < -0.39 is 5.82 Å². The summed E-state index contributed by atoms with van der Waals surface area (Å²) in [4.78, 5) is 25.1. The van der Waals surface area contributed by atoms with Crippen molar-refractivity contribution in [2.24, 2.45) is 11.8 Å². The molecule has 3 heterocycles. The Kier molecular flexibility index (Phi) is 9.47. The van der Waals surface area contributed by atoms with Crippen LogP contribution in [0.25, 0.3) is 0 Å². The number of hydrogen-bond donors (Lipinski definition) is 1. The Labute approximate surface area is 212 Å². The molecule has 1 N–H and O–H groups in total. The van der Waals surface area contributed by atoms with Crippen LogP contribution in [0, 0.1) is 17.7 Å². The van der Waals surface area contributed by atoms with Crippen LogP contribution in [0.4, 0.5) is 10.3 Å². The van der Waals surface area contributed by atoms with Crippen molar-refractivity contribution >= 4 is 11.9 Å². The SMILES string of the molecule is COCc1cnc(N2CCC(CCCCOc3ccc(CC(=O)N4CC(CO)C4)c(F)c3)CC2)nc1. The zero-order valence-corrected chi connectivity index (χ0v) is 21.1. The molecule has 1 amide bonds. The fraction of sp³-hybridized carbons (Fsp3) is 0.593. The third kappa shape index (κ3) is 7.13. The number of halogens is 1. The summed E-state index contributed by atoms with van der Waals surface area (Å²) in [7, 11) is 1.66. The van der Waals surface area contributed by atoms with Gasteiger partial charge in [0, 0.05) is 69.8 Å². The van der Waals surface area contributed by atoms with Gasteiger partial charge in [-0.15, -0.1) is 0 Å². The second-order valence-electron chi connectivity index (χ2n) is 9.88. The van der Waals surface area contributed by atoms with Gasteiger partial charge in [-0.25, -0.2) is 14.4 Å². The summed E-state index contributed by atoms with van der Waals surface area (Å²) in [6.45, 7) is 4.21. The van der Waals surface area contributed by atoms with Crippen LogP contribution in [0.1, 0.15) is 43.2 Å². The number of rotatable bonds is 12. The Morgan fingerprint density at radius 1 is 1.14 bits per heavy atom. The van der Waals surface area contributed by atoms with E-state index in [0.717, 1.165) is 56.7 Å².